The summed E-state index contributed by atoms with van der Waals surface area (Å²) in [5.74, 6) is 1.15. The first-order chi connectivity index (χ1) is 7.90. The molecule has 0 saturated carbocycles. The molecule has 4 nitrogen and oxygen atoms in total. The predicted molar refractivity (Wildman–Crippen MR) is 68.6 cm³/mol. The van der Waals surface area contributed by atoms with E-state index >= 15 is 0 Å². The van der Waals surface area contributed by atoms with Crippen LogP contribution >= 0.6 is 23.1 Å². The first-order valence-corrected chi connectivity index (χ1v) is 7.49. The Labute approximate surface area is 104 Å². The third-order valence-corrected chi connectivity index (χ3v) is 4.60. The van der Waals surface area contributed by atoms with E-state index in [2.05, 4.69) is 22.0 Å². The monoisotopic (exact) mass is 259 g/mol. The van der Waals surface area contributed by atoms with Gasteiger partial charge in [0.05, 0.1) is 13.2 Å². The highest BCUT2D eigenvalue weighted by molar-refractivity contribution is 8.01. The largest absolute Gasteiger partial charge is 0.378 e. The molecule has 1 aromatic rings. The van der Waals surface area contributed by atoms with E-state index in [1.54, 1.807) is 11.3 Å². The minimum Gasteiger partial charge on any atom is -0.378 e. The van der Waals surface area contributed by atoms with Gasteiger partial charge >= 0.3 is 0 Å². The first-order valence-electron chi connectivity index (χ1n) is 5.69. The molecule has 0 aliphatic carbocycles. The maximum atomic E-state index is 5.32. The lowest BCUT2D eigenvalue weighted by Gasteiger charge is -2.25. The summed E-state index contributed by atoms with van der Waals surface area (Å²) in [4.78, 5) is 2.26. The van der Waals surface area contributed by atoms with E-state index in [1.165, 1.54) is 12.8 Å². The third kappa shape index (κ3) is 3.33. The Balaban J connectivity index is 1.85. The van der Waals surface area contributed by atoms with E-state index in [9.17, 15) is 0 Å². The molecule has 16 heavy (non-hydrogen) atoms. The molecule has 1 aliphatic heterocycles. The number of anilines is 1. The van der Waals surface area contributed by atoms with Gasteiger partial charge in [0.2, 0.25) is 5.13 Å². The quantitative estimate of drug-likeness (QED) is 0.599. The van der Waals surface area contributed by atoms with E-state index in [1.807, 2.05) is 11.8 Å². The van der Waals surface area contributed by atoms with Gasteiger partial charge in [-0.2, -0.15) is 0 Å². The minimum absolute atomic E-state index is 0.803. The summed E-state index contributed by atoms with van der Waals surface area (Å²) in [6.07, 6.45) is 2.49. The van der Waals surface area contributed by atoms with Crippen LogP contribution in [-0.2, 0) is 4.74 Å². The fourth-order valence-corrected chi connectivity index (χ4v) is 3.49. The van der Waals surface area contributed by atoms with Crippen molar-refractivity contribution < 1.29 is 4.74 Å². The molecule has 1 aliphatic rings. The van der Waals surface area contributed by atoms with Gasteiger partial charge < -0.3 is 9.64 Å². The van der Waals surface area contributed by atoms with E-state index in [0.717, 1.165) is 41.5 Å². The second kappa shape index (κ2) is 6.42. The molecule has 6 heteroatoms. The number of thioether (sulfide) groups is 1. The average Bonchev–Trinajstić information content (AvgIpc) is 2.79. The topological polar surface area (TPSA) is 38.2 Å². The van der Waals surface area contributed by atoms with Crippen molar-refractivity contribution in [1.82, 2.24) is 10.2 Å². The molecule has 0 aromatic carbocycles. The Kier molecular flexibility index (Phi) is 4.87. The van der Waals surface area contributed by atoms with Gasteiger partial charge in [-0.1, -0.05) is 36.4 Å². The molecule has 0 spiro atoms. The lowest BCUT2D eigenvalue weighted by atomic mass is 10.4. The molecule has 0 atom stereocenters. The summed E-state index contributed by atoms with van der Waals surface area (Å²) in [6, 6.07) is 0. The number of hydrogen-bond acceptors (Lipinski definition) is 6. The summed E-state index contributed by atoms with van der Waals surface area (Å²) < 4.78 is 6.41. The highest BCUT2D eigenvalue weighted by Crippen LogP contribution is 2.28. The molecular formula is C10H17N3OS2. The average molecular weight is 259 g/mol. The number of rotatable bonds is 5. The number of aromatic nitrogens is 2. The molecule has 0 bridgehead atoms. The van der Waals surface area contributed by atoms with Gasteiger partial charge in [0.1, 0.15) is 0 Å². The van der Waals surface area contributed by atoms with Crippen LogP contribution in [0.25, 0.3) is 0 Å². The predicted octanol–water partition coefficient (Wildman–Crippen LogP) is 2.27. The highest BCUT2D eigenvalue weighted by atomic mass is 32.2. The van der Waals surface area contributed by atoms with Crippen molar-refractivity contribution in [3.63, 3.8) is 0 Å². The van der Waals surface area contributed by atoms with Crippen molar-refractivity contribution in [3.05, 3.63) is 0 Å². The molecule has 0 amide bonds. The molecule has 0 radical (unpaired) electrons. The van der Waals surface area contributed by atoms with Crippen LogP contribution in [0, 0.1) is 0 Å². The van der Waals surface area contributed by atoms with Crippen LogP contribution < -0.4 is 4.90 Å². The van der Waals surface area contributed by atoms with Crippen LogP contribution in [0.2, 0.25) is 0 Å². The number of ether oxygens (including phenoxy) is 1. The Morgan fingerprint density at radius 2 is 2.19 bits per heavy atom. The van der Waals surface area contributed by atoms with Crippen LogP contribution in [0.4, 0.5) is 5.13 Å². The normalized spacial score (nSPS) is 16.7. The first kappa shape index (κ1) is 12.1. The maximum Gasteiger partial charge on any atom is 0.209 e. The van der Waals surface area contributed by atoms with Crippen molar-refractivity contribution in [2.75, 3.05) is 37.0 Å². The molecule has 2 rings (SSSR count). The van der Waals surface area contributed by atoms with Crippen LogP contribution in [0.15, 0.2) is 4.34 Å². The number of morpholine rings is 1. The Bertz CT molecular complexity index is 313. The zero-order valence-electron chi connectivity index (χ0n) is 9.52. The van der Waals surface area contributed by atoms with Gasteiger partial charge in [0.15, 0.2) is 4.34 Å². The van der Waals surface area contributed by atoms with E-state index in [-0.39, 0.29) is 0 Å². The summed E-state index contributed by atoms with van der Waals surface area (Å²) in [7, 11) is 0. The van der Waals surface area contributed by atoms with Crippen molar-refractivity contribution in [2.45, 2.75) is 24.1 Å². The lowest BCUT2D eigenvalue weighted by molar-refractivity contribution is 0.122. The Hall–Kier alpha value is -0.330. The fraction of sp³-hybridized carbons (Fsp3) is 0.800. The van der Waals surface area contributed by atoms with Gasteiger partial charge in [-0.05, 0) is 6.42 Å². The summed E-state index contributed by atoms with van der Waals surface area (Å²) in [5, 5.41) is 9.49. The van der Waals surface area contributed by atoms with Crippen LogP contribution in [0.5, 0.6) is 0 Å². The summed E-state index contributed by atoms with van der Waals surface area (Å²) in [6.45, 7) is 5.69. The van der Waals surface area contributed by atoms with Gasteiger partial charge in [-0.15, -0.1) is 10.2 Å². The van der Waals surface area contributed by atoms with Crippen molar-refractivity contribution in [3.8, 4) is 0 Å². The summed E-state index contributed by atoms with van der Waals surface area (Å²) >= 11 is 3.52. The van der Waals surface area contributed by atoms with E-state index < -0.39 is 0 Å². The van der Waals surface area contributed by atoms with Crippen molar-refractivity contribution in [2.24, 2.45) is 0 Å². The van der Waals surface area contributed by atoms with Gasteiger partial charge in [0.25, 0.3) is 0 Å². The molecule has 1 fully saturated rings. The van der Waals surface area contributed by atoms with Crippen molar-refractivity contribution >= 4 is 28.2 Å². The number of hydrogen-bond donors (Lipinski definition) is 0. The summed E-state index contributed by atoms with van der Waals surface area (Å²) in [5.41, 5.74) is 0. The Morgan fingerprint density at radius 3 is 2.94 bits per heavy atom. The molecule has 2 heterocycles. The third-order valence-electron chi connectivity index (χ3n) is 2.40. The minimum atomic E-state index is 0.803. The second-order valence-electron chi connectivity index (χ2n) is 3.65. The van der Waals surface area contributed by atoms with E-state index in [4.69, 9.17) is 4.74 Å². The van der Waals surface area contributed by atoms with Gasteiger partial charge in [-0.3, -0.25) is 0 Å². The number of unbranched alkanes of at least 4 members (excludes halogenated alkanes) is 1. The smallest absolute Gasteiger partial charge is 0.209 e. The molecule has 1 aromatic heterocycles. The second-order valence-corrected chi connectivity index (χ2v) is 5.95. The lowest BCUT2D eigenvalue weighted by Crippen LogP contribution is -2.36. The highest BCUT2D eigenvalue weighted by Gasteiger charge is 2.15. The fourth-order valence-electron chi connectivity index (χ4n) is 1.45. The molecular weight excluding hydrogens is 242 g/mol. The molecule has 0 N–H and O–H groups in total. The molecule has 1 saturated heterocycles. The Morgan fingerprint density at radius 1 is 1.38 bits per heavy atom. The zero-order valence-corrected chi connectivity index (χ0v) is 11.1. The van der Waals surface area contributed by atoms with E-state index in [0.29, 0.717) is 0 Å². The van der Waals surface area contributed by atoms with Gasteiger partial charge in [-0.25, -0.2) is 0 Å². The van der Waals surface area contributed by atoms with Crippen LogP contribution in [0.1, 0.15) is 19.8 Å². The standard InChI is InChI=1S/C10H17N3OS2/c1-2-3-8-15-10-12-11-9(16-10)13-4-6-14-7-5-13/h2-8H2,1H3. The molecule has 0 unspecified atom stereocenters. The van der Waals surface area contributed by atoms with Crippen LogP contribution in [0.3, 0.4) is 0 Å². The SMILES string of the molecule is CCCCSc1nnc(N2CCOCC2)s1. The van der Waals surface area contributed by atoms with Crippen LogP contribution in [-0.4, -0.2) is 42.3 Å². The molecule has 90 valence electrons. The van der Waals surface area contributed by atoms with Gasteiger partial charge in [0, 0.05) is 18.8 Å². The van der Waals surface area contributed by atoms with Crippen molar-refractivity contribution in [1.29, 1.82) is 0 Å². The maximum absolute atomic E-state index is 5.32. The zero-order chi connectivity index (χ0) is 11.2. The number of nitrogens with zero attached hydrogens (tertiary/aromatic N) is 3.